The number of alkyl carbamates (subject to hydrolysis) is 3. The Morgan fingerprint density at radius 1 is 0.526 bits per heavy atom. The van der Waals surface area contributed by atoms with E-state index < -0.39 is 82.0 Å². The first-order valence-corrected chi connectivity index (χ1v) is 31.3. The highest BCUT2D eigenvalue weighted by molar-refractivity contribution is 6.13. The number of benzene rings is 7. The van der Waals surface area contributed by atoms with Crippen LogP contribution in [0.1, 0.15) is 126 Å². The molecule has 0 spiro atoms. The van der Waals surface area contributed by atoms with Gasteiger partial charge in [-0.05, 0) is 102 Å². The summed E-state index contributed by atoms with van der Waals surface area (Å²) in [7, 11) is 0. The molecular weight excluding hydrogens is 1250 g/mol. The monoisotopic (exact) mass is 1330 g/mol. The molecule has 7 aromatic rings. The number of hydrogen-bond acceptors (Lipinski definition) is 19. The molecule has 12 bridgehead atoms. The number of nitrogens with one attached hydrogen (secondary N) is 6. The van der Waals surface area contributed by atoms with Crippen LogP contribution < -0.4 is 50.8 Å². The third kappa shape index (κ3) is 21.0. The molecule has 97 heavy (non-hydrogen) atoms. The van der Waals surface area contributed by atoms with Crippen molar-refractivity contribution in [1.82, 2.24) is 31.9 Å². The summed E-state index contributed by atoms with van der Waals surface area (Å²) in [6.07, 6.45) is -2.14. The number of phenolic OH excluding ortho intramolecular Hbond substituents is 4. The molecule has 25 nitrogen and oxygen atoms in total. The molecule has 0 radical (unpaired) electrons. The number of ether oxygens (including phenoxy) is 7. The van der Waals surface area contributed by atoms with Crippen LogP contribution in [0.15, 0.2) is 146 Å². The lowest BCUT2D eigenvalue weighted by Gasteiger charge is -2.31. The van der Waals surface area contributed by atoms with Crippen LogP contribution in [0.2, 0.25) is 0 Å². The van der Waals surface area contributed by atoms with Crippen LogP contribution in [-0.4, -0.2) is 101 Å². The lowest BCUT2D eigenvalue weighted by atomic mass is 9.86. The molecule has 0 aliphatic carbocycles. The predicted octanol–water partition coefficient (Wildman–Crippen LogP) is 11.0. The molecule has 5 heterocycles. The molecule has 510 valence electrons. The Morgan fingerprint density at radius 2 is 0.938 bits per heavy atom. The van der Waals surface area contributed by atoms with Crippen molar-refractivity contribution in [1.29, 1.82) is 0 Å². The molecule has 2 unspecified atom stereocenters. The first-order chi connectivity index (χ1) is 46.5. The zero-order chi connectivity index (χ0) is 69.7. The molecular formula is C72H78N6O19. The van der Waals surface area contributed by atoms with Gasteiger partial charge in [-0.15, -0.1) is 0 Å². The Labute approximate surface area is 559 Å². The number of hydrogen-bond donors (Lipinski definition) is 10. The number of ketones is 2. The highest BCUT2D eigenvalue weighted by Crippen LogP contribution is 2.34. The minimum atomic E-state index is -1.27. The van der Waals surface area contributed by atoms with Crippen LogP contribution in [-0.2, 0) is 58.3 Å². The SMILES string of the molecule is CCCCC(C)(C)C(=O)NCc1cccc(CNC(=O)OCC2(CC)COC(=O)NCc3cccc(c3)CNC(=O)Oc3ccc(c(O)c3)C(=O)c3ccc(cc3O)OCC(C)Oc3ccc(c(O)c3)C(=O)c3ccc(cc3O)OC(=O)NCc3cccc(c3)CNC(=O)OC2)c1. The number of fused-ring (bicyclic) bond motifs is 4. The van der Waals surface area contributed by atoms with Gasteiger partial charge in [0.25, 0.3) is 0 Å². The maximum atomic E-state index is 13.5. The fourth-order valence-electron chi connectivity index (χ4n) is 9.97. The van der Waals surface area contributed by atoms with E-state index in [0.717, 1.165) is 42.5 Å². The highest BCUT2D eigenvalue weighted by Gasteiger charge is 2.35. The molecule has 0 saturated carbocycles. The number of phenols is 4. The average molecular weight is 1330 g/mol. The summed E-state index contributed by atoms with van der Waals surface area (Å²) in [4.78, 5) is 106. The second-order valence-corrected chi connectivity index (χ2v) is 23.9. The zero-order valence-corrected chi connectivity index (χ0v) is 54.2. The third-order valence-corrected chi connectivity index (χ3v) is 15.8. The largest absolute Gasteiger partial charge is 0.507 e. The third-order valence-electron chi connectivity index (χ3n) is 15.8. The normalized spacial score (nSPS) is 16.4. The van der Waals surface area contributed by atoms with Crippen LogP contribution in [0.5, 0.6) is 46.0 Å². The van der Waals surface area contributed by atoms with Crippen molar-refractivity contribution in [3.8, 4) is 46.0 Å². The molecule has 7 aromatic carbocycles. The van der Waals surface area contributed by atoms with Gasteiger partial charge < -0.3 is 85.5 Å². The molecule has 2 atom stereocenters. The Kier molecular flexibility index (Phi) is 24.7. The van der Waals surface area contributed by atoms with E-state index in [9.17, 15) is 58.8 Å². The van der Waals surface area contributed by atoms with Crippen LogP contribution in [0, 0.1) is 10.8 Å². The number of unbranched alkanes of at least 4 members (excludes halogenated alkanes) is 1. The van der Waals surface area contributed by atoms with E-state index in [1.165, 1.54) is 60.7 Å². The lowest BCUT2D eigenvalue weighted by molar-refractivity contribution is -0.129. The first kappa shape index (κ1) is 71.4. The van der Waals surface area contributed by atoms with E-state index in [1.54, 1.807) is 62.4 Å². The van der Waals surface area contributed by atoms with Gasteiger partial charge in [-0.25, -0.2) is 24.0 Å². The van der Waals surface area contributed by atoms with Gasteiger partial charge in [-0.3, -0.25) is 14.4 Å². The number of aromatic hydroxyl groups is 4. The lowest BCUT2D eigenvalue weighted by Crippen LogP contribution is -2.42. The second kappa shape index (κ2) is 33.6. The van der Waals surface area contributed by atoms with Crippen LogP contribution in [0.4, 0.5) is 24.0 Å². The van der Waals surface area contributed by atoms with Gasteiger partial charge in [0.15, 0.2) is 11.6 Å². The van der Waals surface area contributed by atoms with Crippen molar-refractivity contribution in [3.05, 3.63) is 201 Å². The number of carbonyl (C=O) groups is 8. The molecule has 5 aliphatic heterocycles. The topological polar surface area (TPSA) is 354 Å². The Hall–Kier alpha value is -11.5. The second-order valence-electron chi connectivity index (χ2n) is 23.9. The van der Waals surface area contributed by atoms with Gasteiger partial charge in [-0.2, -0.15) is 0 Å². The Morgan fingerprint density at radius 3 is 1.39 bits per heavy atom. The van der Waals surface area contributed by atoms with Crippen LogP contribution >= 0.6 is 0 Å². The van der Waals surface area contributed by atoms with Gasteiger partial charge in [0, 0.05) is 68.9 Å². The van der Waals surface area contributed by atoms with E-state index in [4.69, 9.17) is 33.2 Å². The summed E-state index contributed by atoms with van der Waals surface area (Å²) >= 11 is 0. The minimum Gasteiger partial charge on any atom is -0.507 e. The van der Waals surface area contributed by atoms with Crippen LogP contribution in [0.25, 0.3) is 0 Å². The van der Waals surface area contributed by atoms with E-state index in [0.29, 0.717) is 28.8 Å². The minimum absolute atomic E-state index is 0.0263. The summed E-state index contributed by atoms with van der Waals surface area (Å²) in [6.45, 7) is 8.36. The fraction of sp³-hybridized carbons (Fsp3) is 0.306. The highest BCUT2D eigenvalue weighted by atomic mass is 16.6. The molecule has 5 aliphatic rings. The standard InChI is InChI=1S/C72H78N6O19/c1-6-8-26-71(4,5)65(85)73-34-45-12-9-13-46(27-45)35-74-66(86)92-41-72(7-2)42-93-67(87)75-36-47-14-10-16-49(28-47)38-77-69(89)96-53-20-24-57(61(81)32-53)63(83)55-22-18-51(30-59(55)79)91-40-44(3)95-52-19-23-56(60(80)31-52)64(84)58-25-21-54(33-62(58)82)97-70(90)78-39-50-17-11-15-48(29-50)37-76-68(88)94-43-72/h9-25,27-33,44,79-82H,6-8,26,34-43H2,1-5H3,(H,73,85)(H,74,86)(H,75,87)(H,76,88)(H,77,89)(H,78,90). The van der Waals surface area contributed by atoms with Gasteiger partial charge in [-0.1, -0.05) is 113 Å². The van der Waals surface area contributed by atoms with Gasteiger partial charge in [0.2, 0.25) is 5.91 Å². The number of amides is 6. The summed E-state index contributed by atoms with van der Waals surface area (Å²) < 4.78 is 39.5. The molecule has 0 fully saturated rings. The van der Waals surface area contributed by atoms with Gasteiger partial charge in [0.1, 0.15) is 78.5 Å². The van der Waals surface area contributed by atoms with Gasteiger partial charge in [0.05, 0.1) is 27.7 Å². The molecule has 0 saturated heterocycles. The zero-order valence-electron chi connectivity index (χ0n) is 54.2. The molecule has 0 aromatic heterocycles. The van der Waals surface area contributed by atoms with Gasteiger partial charge >= 0.3 is 30.5 Å². The maximum absolute atomic E-state index is 13.5. The summed E-state index contributed by atoms with van der Waals surface area (Å²) in [5.41, 5.74) is 1.44. The predicted molar refractivity (Wildman–Crippen MR) is 352 cm³/mol. The van der Waals surface area contributed by atoms with Crippen molar-refractivity contribution in [3.63, 3.8) is 0 Å². The molecule has 10 N–H and O–H groups in total. The van der Waals surface area contributed by atoms with E-state index in [-0.39, 0.29) is 117 Å². The summed E-state index contributed by atoms with van der Waals surface area (Å²) in [5.74, 6) is -3.51. The van der Waals surface area contributed by atoms with Crippen molar-refractivity contribution in [2.45, 2.75) is 106 Å². The van der Waals surface area contributed by atoms with Crippen LogP contribution in [0.3, 0.4) is 0 Å². The van der Waals surface area contributed by atoms with Crippen molar-refractivity contribution in [2.75, 3.05) is 26.4 Å². The Balaban J connectivity index is 0.942. The average Bonchev–Trinajstić information content (AvgIpc) is 0.833. The van der Waals surface area contributed by atoms with Crippen molar-refractivity contribution >= 4 is 47.9 Å². The van der Waals surface area contributed by atoms with Crippen molar-refractivity contribution < 1.29 is 91.9 Å². The van der Waals surface area contributed by atoms with Crippen molar-refractivity contribution in [2.24, 2.45) is 10.8 Å². The summed E-state index contributed by atoms with van der Waals surface area (Å²) in [6, 6.07) is 36.1. The first-order valence-electron chi connectivity index (χ1n) is 31.3. The fourth-order valence-corrected chi connectivity index (χ4v) is 9.97. The Bertz CT molecular complexity index is 4010. The number of rotatable bonds is 11. The van der Waals surface area contributed by atoms with E-state index in [1.807, 2.05) is 38.1 Å². The smallest absolute Gasteiger partial charge is 0.412 e. The molecule has 25 heteroatoms. The quantitative estimate of drug-likeness (QED) is 0.0538. The summed E-state index contributed by atoms with van der Waals surface area (Å²) in [5, 5.41) is 59.9. The molecule has 6 amide bonds. The molecule has 12 rings (SSSR count). The van der Waals surface area contributed by atoms with E-state index >= 15 is 0 Å². The maximum Gasteiger partial charge on any atom is 0.412 e. The number of carbonyl (C=O) groups excluding carboxylic acids is 8. The van der Waals surface area contributed by atoms with E-state index in [2.05, 4.69) is 38.8 Å².